The van der Waals surface area contributed by atoms with Crippen molar-refractivity contribution in [3.05, 3.63) is 23.8 Å². The molecule has 102 valence electrons. The minimum Gasteiger partial charge on any atom is -0.491 e. The lowest BCUT2D eigenvalue weighted by Crippen LogP contribution is -2.17. The molecule has 1 aromatic carbocycles. The van der Waals surface area contributed by atoms with Crippen molar-refractivity contribution in [1.82, 2.24) is 0 Å². The van der Waals surface area contributed by atoms with Gasteiger partial charge in [0, 0.05) is 5.56 Å². The summed E-state index contributed by atoms with van der Waals surface area (Å²) in [6.07, 6.45) is 0. The Morgan fingerprint density at radius 3 is 1.72 bits per heavy atom. The summed E-state index contributed by atoms with van der Waals surface area (Å²) in [7, 11) is 0. The van der Waals surface area contributed by atoms with Crippen LogP contribution in [-0.2, 0) is 5.41 Å². The Labute approximate surface area is 108 Å². The molecule has 0 aromatic heterocycles. The molecule has 4 nitrogen and oxygen atoms in total. The van der Waals surface area contributed by atoms with E-state index in [1.54, 1.807) is 0 Å². The molecule has 4 heteroatoms. The van der Waals surface area contributed by atoms with Gasteiger partial charge < -0.3 is 19.7 Å². The highest BCUT2D eigenvalue weighted by atomic mass is 16.5. The van der Waals surface area contributed by atoms with Crippen molar-refractivity contribution in [2.75, 3.05) is 26.4 Å². The highest BCUT2D eigenvalue weighted by molar-refractivity contribution is 5.49. The SMILES string of the molecule is CC(C)(C)c1c(OCCO)cccc1OCCO. The van der Waals surface area contributed by atoms with Gasteiger partial charge >= 0.3 is 0 Å². The van der Waals surface area contributed by atoms with Crippen LogP contribution in [-0.4, -0.2) is 36.6 Å². The molecule has 0 saturated carbocycles. The van der Waals surface area contributed by atoms with E-state index in [9.17, 15) is 0 Å². The third-order valence-electron chi connectivity index (χ3n) is 2.44. The summed E-state index contributed by atoms with van der Waals surface area (Å²) in [6, 6.07) is 5.57. The van der Waals surface area contributed by atoms with Crippen molar-refractivity contribution in [2.24, 2.45) is 0 Å². The molecule has 0 saturated heterocycles. The van der Waals surface area contributed by atoms with Crippen LogP contribution in [0, 0.1) is 0 Å². The van der Waals surface area contributed by atoms with E-state index in [0.717, 1.165) is 5.56 Å². The predicted octanol–water partition coefficient (Wildman–Crippen LogP) is 1.73. The van der Waals surface area contributed by atoms with E-state index in [0.29, 0.717) is 11.5 Å². The summed E-state index contributed by atoms with van der Waals surface area (Å²) in [6.45, 7) is 6.68. The minimum absolute atomic E-state index is 0.0225. The van der Waals surface area contributed by atoms with Gasteiger partial charge in [0.25, 0.3) is 0 Å². The first-order chi connectivity index (χ1) is 8.50. The first-order valence-corrected chi connectivity index (χ1v) is 6.11. The van der Waals surface area contributed by atoms with E-state index in [1.165, 1.54) is 0 Å². The molecule has 0 aliphatic rings. The summed E-state index contributed by atoms with van der Waals surface area (Å²) in [5.41, 5.74) is 0.809. The van der Waals surface area contributed by atoms with E-state index in [4.69, 9.17) is 19.7 Å². The fourth-order valence-corrected chi connectivity index (χ4v) is 1.80. The molecule has 1 aromatic rings. The molecular weight excluding hydrogens is 232 g/mol. The molecule has 18 heavy (non-hydrogen) atoms. The smallest absolute Gasteiger partial charge is 0.126 e. The van der Waals surface area contributed by atoms with E-state index in [-0.39, 0.29) is 31.8 Å². The van der Waals surface area contributed by atoms with Gasteiger partial charge in [-0.3, -0.25) is 0 Å². The Balaban J connectivity index is 3.09. The zero-order valence-electron chi connectivity index (χ0n) is 11.3. The van der Waals surface area contributed by atoms with Crippen molar-refractivity contribution in [1.29, 1.82) is 0 Å². The number of aliphatic hydroxyl groups is 2. The number of benzene rings is 1. The summed E-state index contributed by atoms with van der Waals surface area (Å²) in [5.74, 6) is 1.43. The lowest BCUT2D eigenvalue weighted by Gasteiger charge is -2.25. The Hall–Kier alpha value is -1.26. The van der Waals surface area contributed by atoms with Crippen molar-refractivity contribution >= 4 is 0 Å². The van der Waals surface area contributed by atoms with E-state index in [1.807, 2.05) is 18.2 Å². The minimum atomic E-state index is -0.142. The lowest BCUT2D eigenvalue weighted by molar-refractivity contribution is 0.189. The van der Waals surface area contributed by atoms with E-state index >= 15 is 0 Å². The van der Waals surface area contributed by atoms with Crippen LogP contribution in [0.5, 0.6) is 11.5 Å². The van der Waals surface area contributed by atoms with Gasteiger partial charge in [0.1, 0.15) is 24.7 Å². The van der Waals surface area contributed by atoms with Crippen LogP contribution in [0.15, 0.2) is 18.2 Å². The largest absolute Gasteiger partial charge is 0.491 e. The first kappa shape index (κ1) is 14.8. The second-order valence-electron chi connectivity index (χ2n) is 5.02. The van der Waals surface area contributed by atoms with Crippen molar-refractivity contribution in [3.63, 3.8) is 0 Å². The molecule has 0 spiro atoms. The maximum Gasteiger partial charge on any atom is 0.126 e. The van der Waals surface area contributed by atoms with Crippen LogP contribution >= 0.6 is 0 Å². The van der Waals surface area contributed by atoms with Crippen molar-refractivity contribution in [3.8, 4) is 11.5 Å². The number of hydrogen-bond donors (Lipinski definition) is 2. The maximum atomic E-state index is 8.84. The monoisotopic (exact) mass is 254 g/mol. The zero-order valence-corrected chi connectivity index (χ0v) is 11.3. The maximum absolute atomic E-state index is 8.84. The number of hydrogen-bond acceptors (Lipinski definition) is 4. The summed E-state index contributed by atoms with van der Waals surface area (Å²) in [5, 5.41) is 17.7. The van der Waals surface area contributed by atoms with Gasteiger partial charge in [0.05, 0.1) is 13.2 Å². The molecule has 0 atom stereocenters. The predicted molar refractivity (Wildman–Crippen MR) is 70.3 cm³/mol. The van der Waals surface area contributed by atoms with Gasteiger partial charge in [-0.25, -0.2) is 0 Å². The van der Waals surface area contributed by atoms with Crippen LogP contribution in [0.3, 0.4) is 0 Å². The van der Waals surface area contributed by atoms with Crippen molar-refractivity contribution < 1.29 is 19.7 Å². The third kappa shape index (κ3) is 3.89. The van der Waals surface area contributed by atoms with Gasteiger partial charge in [-0.2, -0.15) is 0 Å². The normalized spacial score (nSPS) is 11.4. The van der Waals surface area contributed by atoms with Gasteiger partial charge in [0.2, 0.25) is 0 Å². The average Bonchev–Trinajstić information content (AvgIpc) is 2.32. The lowest BCUT2D eigenvalue weighted by atomic mass is 9.85. The highest BCUT2D eigenvalue weighted by Gasteiger charge is 2.24. The molecule has 0 heterocycles. The van der Waals surface area contributed by atoms with Crippen LogP contribution in [0.1, 0.15) is 26.3 Å². The van der Waals surface area contributed by atoms with Gasteiger partial charge in [-0.1, -0.05) is 26.8 Å². The van der Waals surface area contributed by atoms with Gasteiger partial charge in [-0.05, 0) is 17.5 Å². The Morgan fingerprint density at radius 1 is 0.944 bits per heavy atom. The summed E-state index contributed by atoms with van der Waals surface area (Å²) >= 11 is 0. The second kappa shape index (κ2) is 6.61. The van der Waals surface area contributed by atoms with Crippen LogP contribution in [0.2, 0.25) is 0 Å². The Kier molecular flexibility index (Phi) is 5.44. The van der Waals surface area contributed by atoms with Crippen LogP contribution in [0.25, 0.3) is 0 Å². The van der Waals surface area contributed by atoms with Gasteiger partial charge in [0.15, 0.2) is 0 Å². The van der Waals surface area contributed by atoms with Crippen LogP contribution in [0.4, 0.5) is 0 Å². The molecule has 0 bridgehead atoms. The Bertz CT molecular complexity index is 342. The van der Waals surface area contributed by atoms with Crippen molar-refractivity contribution in [2.45, 2.75) is 26.2 Å². The molecule has 0 amide bonds. The Morgan fingerprint density at radius 2 is 1.39 bits per heavy atom. The number of ether oxygens (including phenoxy) is 2. The van der Waals surface area contributed by atoms with Gasteiger partial charge in [-0.15, -0.1) is 0 Å². The molecule has 2 N–H and O–H groups in total. The van der Waals surface area contributed by atoms with E-state index < -0.39 is 0 Å². The topological polar surface area (TPSA) is 58.9 Å². The second-order valence-corrected chi connectivity index (χ2v) is 5.02. The highest BCUT2D eigenvalue weighted by Crippen LogP contribution is 2.38. The number of aliphatic hydroxyl groups excluding tert-OH is 2. The number of rotatable bonds is 6. The molecule has 0 radical (unpaired) electrons. The molecule has 0 unspecified atom stereocenters. The fraction of sp³-hybridized carbons (Fsp3) is 0.571. The quantitative estimate of drug-likeness (QED) is 0.811. The van der Waals surface area contributed by atoms with E-state index in [2.05, 4.69) is 20.8 Å². The summed E-state index contributed by atoms with van der Waals surface area (Å²) < 4.78 is 11.1. The molecule has 1 rings (SSSR count). The summed E-state index contributed by atoms with van der Waals surface area (Å²) in [4.78, 5) is 0. The standard InChI is InChI=1S/C14H22O4/c1-14(2,3)13-11(17-9-7-15)5-4-6-12(13)18-10-8-16/h4-6,15-16H,7-10H2,1-3H3. The fourth-order valence-electron chi connectivity index (χ4n) is 1.80. The average molecular weight is 254 g/mol. The molecule has 0 aliphatic carbocycles. The first-order valence-electron chi connectivity index (χ1n) is 6.11. The molecule has 0 fully saturated rings. The van der Waals surface area contributed by atoms with Crippen LogP contribution < -0.4 is 9.47 Å². The third-order valence-corrected chi connectivity index (χ3v) is 2.44. The molecule has 0 aliphatic heterocycles. The molecular formula is C14H22O4. The zero-order chi connectivity index (χ0) is 13.6.